The molecule has 8 heteroatoms. The maximum absolute atomic E-state index is 13.2. The number of hydrogen-bond donors (Lipinski definition) is 0. The van der Waals surface area contributed by atoms with E-state index in [2.05, 4.69) is 18.8 Å². The van der Waals surface area contributed by atoms with Gasteiger partial charge in [-0.3, -0.25) is 9.59 Å². The number of ether oxygens (including phenoxy) is 3. The topological polar surface area (TPSA) is 94.5 Å². The molecule has 2 rings (SSSR count). The molecule has 0 fully saturated rings. The average molecular weight is 431 g/mol. The first-order chi connectivity index (χ1) is 14.9. The van der Waals surface area contributed by atoms with Crippen LogP contribution in [0.2, 0.25) is 0 Å². The molecule has 2 amide bonds. The first kappa shape index (κ1) is 24.4. The van der Waals surface area contributed by atoms with Crippen LogP contribution in [0.4, 0.5) is 0 Å². The SMILES string of the molecule is CCCCC(CC)COC(=O)C(=Cc1ccccc1)C(OC)(OC)N1C=NC(=O)C1=O. The van der Waals surface area contributed by atoms with Crippen molar-refractivity contribution in [1.82, 2.24) is 4.90 Å². The van der Waals surface area contributed by atoms with Crippen LogP contribution >= 0.6 is 0 Å². The fourth-order valence-corrected chi connectivity index (χ4v) is 3.32. The largest absolute Gasteiger partial charge is 0.462 e. The van der Waals surface area contributed by atoms with Crippen molar-refractivity contribution in [2.45, 2.75) is 45.4 Å². The van der Waals surface area contributed by atoms with Crippen LogP contribution in [0.5, 0.6) is 0 Å². The lowest BCUT2D eigenvalue weighted by atomic mass is 10.0. The van der Waals surface area contributed by atoms with E-state index in [4.69, 9.17) is 14.2 Å². The Morgan fingerprint density at radius 1 is 1.16 bits per heavy atom. The molecule has 8 nitrogen and oxygen atoms in total. The Morgan fingerprint density at radius 2 is 1.84 bits per heavy atom. The second-order valence-electron chi connectivity index (χ2n) is 7.20. The van der Waals surface area contributed by atoms with Crippen molar-refractivity contribution >= 4 is 30.2 Å². The van der Waals surface area contributed by atoms with E-state index < -0.39 is 23.7 Å². The Balaban J connectivity index is 2.43. The molecule has 1 atom stereocenters. The van der Waals surface area contributed by atoms with Gasteiger partial charge in [0.15, 0.2) is 0 Å². The summed E-state index contributed by atoms with van der Waals surface area (Å²) in [7, 11) is 2.55. The molecule has 0 aromatic heterocycles. The second kappa shape index (κ2) is 11.5. The van der Waals surface area contributed by atoms with Crippen molar-refractivity contribution in [2.24, 2.45) is 10.9 Å². The number of hydrogen-bond acceptors (Lipinski definition) is 6. The Labute approximate surface area is 182 Å². The van der Waals surface area contributed by atoms with Crippen LogP contribution in [-0.2, 0) is 28.6 Å². The highest BCUT2D eigenvalue weighted by atomic mass is 16.7. The first-order valence-electron chi connectivity index (χ1n) is 10.4. The minimum Gasteiger partial charge on any atom is -0.462 e. The van der Waals surface area contributed by atoms with E-state index in [9.17, 15) is 14.4 Å². The number of carbonyl (C=O) groups is 3. The van der Waals surface area contributed by atoms with Crippen molar-refractivity contribution in [1.29, 1.82) is 0 Å². The third-order valence-corrected chi connectivity index (χ3v) is 5.23. The zero-order valence-electron chi connectivity index (χ0n) is 18.5. The van der Waals surface area contributed by atoms with Gasteiger partial charge in [-0.05, 0) is 24.0 Å². The zero-order valence-corrected chi connectivity index (χ0v) is 18.5. The van der Waals surface area contributed by atoms with Gasteiger partial charge >= 0.3 is 17.8 Å². The minimum atomic E-state index is -2.01. The van der Waals surface area contributed by atoms with Gasteiger partial charge in [-0.2, -0.15) is 4.99 Å². The minimum absolute atomic E-state index is 0.0801. The van der Waals surface area contributed by atoms with Gasteiger partial charge in [-0.15, -0.1) is 0 Å². The van der Waals surface area contributed by atoms with Crippen molar-refractivity contribution in [3.05, 3.63) is 41.5 Å². The van der Waals surface area contributed by atoms with Crippen molar-refractivity contribution in [3.63, 3.8) is 0 Å². The van der Waals surface area contributed by atoms with Crippen LogP contribution in [0.3, 0.4) is 0 Å². The Hall–Kier alpha value is -2.84. The standard InChI is InChI=1S/C23H30N2O6/c1-5-7-11-17(6-2)15-31-22(28)19(14-18-12-9-8-10-13-18)23(29-3,30-4)25-16-24-20(26)21(25)27/h8-10,12-14,16-17H,5-7,11,15H2,1-4H3. The molecule has 1 heterocycles. The second-order valence-corrected chi connectivity index (χ2v) is 7.20. The Morgan fingerprint density at radius 3 is 2.35 bits per heavy atom. The summed E-state index contributed by atoms with van der Waals surface area (Å²) >= 11 is 0. The summed E-state index contributed by atoms with van der Waals surface area (Å²) in [4.78, 5) is 41.7. The zero-order chi connectivity index (χ0) is 22.9. The van der Waals surface area contributed by atoms with Crippen LogP contribution in [-0.4, -0.2) is 55.8 Å². The van der Waals surface area contributed by atoms with Crippen LogP contribution in [0.1, 0.15) is 45.1 Å². The molecule has 1 unspecified atom stereocenters. The molecule has 1 aliphatic heterocycles. The summed E-state index contributed by atoms with van der Waals surface area (Å²) in [5, 5.41) is 0. The van der Waals surface area contributed by atoms with E-state index >= 15 is 0 Å². The monoisotopic (exact) mass is 430 g/mol. The lowest BCUT2D eigenvalue weighted by Crippen LogP contribution is -2.56. The molecule has 1 aromatic rings. The van der Waals surface area contributed by atoms with E-state index in [1.807, 2.05) is 6.07 Å². The van der Waals surface area contributed by atoms with Gasteiger partial charge in [0.05, 0.1) is 6.61 Å². The predicted octanol–water partition coefficient (Wildman–Crippen LogP) is 3.17. The number of esters is 1. The van der Waals surface area contributed by atoms with Gasteiger partial charge in [0, 0.05) is 14.2 Å². The summed E-state index contributed by atoms with van der Waals surface area (Å²) in [6, 6.07) is 9.01. The molecule has 31 heavy (non-hydrogen) atoms. The summed E-state index contributed by atoms with van der Waals surface area (Å²) in [6.45, 7) is 4.39. The van der Waals surface area contributed by atoms with Gasteiger partial charge in [0.1, 0.15) is 11.9 Å². The predicted molar refractivity (Wildman–Crippen MR) is 116 cm³/mol. The highest BCUT2D eigenvalue weighted by Crippen LogP contribution is 2.31. The van der Waals surface area contributed by atoms with Crippen LogP contribution in [0.15, 0.2) is 40.9 Å². The number of rotatable bonds is 12. The molecule has 0 saturated heterocycles. The fourth-order valence-electron chi connectivity index (χ4n) is 3.32. The maximum atomic E-state index is 13.2. The molecule has 0 spiro atoms. The molecule has 0 radical (unpaired) electrons. The van der Waals surface area contributed by atoms with Crippen molar-refractivity contribution in [2.75, 3.05) is 20.8 Å². The van der Waals surface area contributed by atoms with Crippen LogP contribution in [0, 0.1) is 5.92 Å². The highest BCUT2D eigenvalue weighted by Gasteiger charge is 2.51. The number of benzene rings is 1. The number of unbranched alkanes of at least 4 members (excludes halogenated alkanes) is 1. The van der Waals surface area contributed by atoms with Crippen molar-refractivity contribution in [3.8, 4) is 0 Å². The van der Waals surface area contributed by atoms with Crippen LogP contribution in [0.25, 0.3) is 6.08 Å². The maximum Gasteiger partial charge on any atom is 0.341 e. The fraction of sp³-hybridized carbons (Fsp3) is 0.478. The quantitative estimate of drug-likeness (QED) is 0.219. The molecule has 0 bridgehead atoms. The Kier molecular flexibility index (Phi) is 9.08. The summed E-state index contributed by atoms with van der Waals surface area (Å²) in [6.07, 6.45) is 6.44. The van der Waals surface area contributed by atoms with Gasteiger partial charge < -0.3 is 14.2 Å². The van der Waals surface area contributed by atoms with Gasteiger partial charge in [0.25, 0.3) is 5.91 Å². The van der Waals surface area contributed by atoms with Gasteiger partial charge in [0.2, 0.25) is 0 Å². The Bertz CT molecular complexity index is 830. The summed E-state index contributed by atoms with van der Waals surface area (Å²) in [5.74, 6) is -4.44. The van der Waals surface area contributed by atoms with Crippen molar-refractivity contribution < 1.29 is 28.6 Å². The van der Waals surface area contributed by atoms with E-state index in [1.165, 1.54) is 20.3 Å². The smallest absolute Gasteiger partial charge is 0.341 e. The number of amides is 2. The lowest BCUT2D eigenvalue weighted by molar-refractivity contribution is -0.242. The molecule has 168 valence electrons. The number of aliphatic imine (C=N–C) groups is 1. The molecule has 0 N–H and O–H groups in total. The summed E-state index contributed by atoms with van der Waals surface area (Å²) < 4.78 is 16.7. The number of carbonyl (C=O) groups excluding carboxylic acids is 3. The van der Waals surface area contributed by atoms with Gasteiger partial charge in [-0.1, -0.05) is 63.4 Å². The lowest BCUT2D eigenvalue weighted by Gasteiger charge is -2.37. The highest BCUT2D eigenvalue weighted by molar-refractivity contribution is 6.42. The molecule has 0 saturated carbocycles. The number of nitrogens with zero attached hydrogens (tertiary/aromatic N) is 2. The first-order valence-corrected chi connectivity index (χ1v) is 10.4. The molecule has 1 aliphatic rings. The normalized spacial score (nSPS) is 15.5. The van der Waals surface area contributed by atoms with E-state index in [0.717, 1.165) is 36.9 Å². The third kappa shape index (κ3) is 5.65. The summed E-state index contributed by atoms with van der Waals surface area (Å²) in [5.41, 5.74) is 0.587. The molecule has 0 aliphatic carbocycles. The average Bonchev–Trinajstić information content (AvgIpc) is 3.13. The van der Waals surface area contributed by atoms with E-state index in [-0.39, 0.29) is 18.1 Å². The third-order valence-electron chi connectivity index (χ3n) is 5.23. The van der Waals surface area contributed by atoms with E-state index in [0.29, 0.717) is 5.56 Å². The van der Waals surface area contributed by atoms with E-state index in [1.54, 1.807) is 24.3 Å². The molecular weight excluding hydrogens is 400 g/mol. The van der Waals surface area contributed by atoms with Crippen LogP contribution < -0.4 is 0 Å². The number of methoxy groups -OCH3 is 2. The van der Waals surface area contributed by atoms with Gasteiger partial charge in [-0.25, -0.2) is 9.69 Å². The molecule has 1 aromatic carbocycles. The molecular formula is C23H30N2O6.